The Morgan fingerprint density at radius 1 is 0.446 bits per heavy atom. The molecule has 12 unspecified atom stereocenters. The molecule has 486 valence electrons. The van der Waals surface area contributed by atoms with Gasteiger partial charge in [0.15, 0.2) is 12.6 Å². The monoisotopic (exact) mass is 1180 g/mol. The van der Waals surface area contributed by atoms with Crippen molar-refractivity contribution in [3.63, 3.8) is 0 Å². The highest BCUT2D eigenvalue weighted by Crippen LogP contribution is 2.30. The zero-order chi connectivity index (χ0) is 60.2. The average Bonchev–Trinajstić information content (AvgIpc) is 3.65. The molecule has 0 saturated carbocycles. The highest BCUT2D eigenvalue weighted by atomic mass is 16.7. The Hall–Kier alpha value is -2.05. The van der Waals surface area contributed by atoms with Gasteiger partial charge in [-0.3, -0.25) is 4.79 Å². The van der Waals surface area contributed by atoms with Crippen LogP contribution < -0.4 is 5.32 Å². The van der Waals surface area contributed by atoms with Gasteiger partial charge in [0, 0.05) is 6.42 Å². The molecule has 2 heterocycles. The Kier molecular flexibility index (Phi) is 50.2. The van der Waals surface area contributed by atoms with E-state index in [9.17, 15) is 45.6 Å². The Morgan fingerprint density at radius 3 is 1.28 bits per heavy atom. The molecule has 2 saturated heterocycles. The highest BCUT2D eigenvalue weighted by Gasteiger charge is 2.51. The van der Waals surface area contributed by atoms with Crippen molar-refractivity contribution in [2.75, 3.05) is 19.8 Å². The minimum atomic E-state index is -1.79. The topological polar surface area (TPSA) is 228 Å². The lowest BCUT2D eigenvalue weighted by Gasteiger charge is -2.46. The van der Waals surface area contributed by atoms with Crippen molar-refractivity contribution < 1.29 is 64.6 Å². The average molecular weight is 1180 g/mol. The van der Waals surface area contributed by atoms with Crippen molar-refractivity contribution in [1.82, 2.24) is 5.32 Å². The zero-order valence-electron chi connectivity index (χ0n) is 52.7. The van der Waals surface area contributed by atoms with Crippen molar-refractivity contribution in [1.29, 1.82) is 0 Å². The van der Waals surface area contributed by atoms with E-state index in [0.717, 1.165) is 70.6 Å². The largest absolute Gasteiger partial charge is 0.394 e. The van der Waals surface area contributed by atoms with Gasteiger partial charge in [0.25, 0.3) is 0 Å². The number of allylic oxidation sites excluding steroid dienone is 7. The number of amides is 1. The van der Waals surface area contributed by atoms with Crippen LogP contribution in [0.5, 0.6) is 0 Å². The first kappa shape index (κ1) is 77.0. The second-order valence-corrected chi connectivity index (χ2v) is 24.3. The van der Waals surface area contributed by atoms with Gasteiger partial charge in [-0.2, -0.15) is 0 Å². The summed E-state index contributed by atoms with van der Waals surface area (Å²) in [6.07, 6.45) is 53.2. The molecule has 14 heteroatoms. The Balaban J connectivity index is 1.66. The minimum absolute atomic E-state index is 0.248. The number of hydrogen-bond acceptors (Lipinski definition) is 13. The number of carbonyl (C=O) groups excluding carboxylic acids is 1. The third-order valence-corrected chi connectivity index (χ3v) is 16.8. The molecule has 0 bridgehead atoms. The van der Waals surface area contributed by atoms with E-state index in [-0.39, 0.29) is 18.9 Å². The number of aliphatic hydroxyl groups excluding tert-OH is 8. The normalized spacial score (nSPS) is 24.1. The van der Waals surface area contributed by atoms with E-state index in [1.165, 1.54) is 193 Å². The molecule has 0 radical (unpaired) electrons. The van der Waals surface area contributed by atoms with Gasteiger partial charge in [-0.25, -0.2) is 0 Å². The molecule has 0 aromatic rings. The van der Waals surface area contributed by atoms with Crippen molar-refractivity contribution in [3.8, 4) is 0 Å². The fourth-order valence-electron chi connectivity index (χ4n) is 11.3. The lowest BCUT2D eigenvalue weighted by Crippen LogP contribution is -2.65. The van der Waals surface area contributed by atoms with Gasteiger partial charge in [0.1, 0.15) is 48.8 Å². The van der Waals surface area contributed by atoms with E-state index in [1.807, 2.05) is 6.08 Å². The molecule has 2 rings (SSSR count). The zero-order valence-corrected chi connectivity index (χ0v) is 52.7. The lowest BCUT2D eigenvalue weighted by atomic mass is 9.97. The van der Waals surface area contributed by atoms with Gasteiger partial charge in [0.2, 0.25) is 5.91 Å². The highest BCUT2D eigenvalue weighted by molar-refractivity contribution is 5.76. The first-order valence-corrected chi connectivity index (χ1v) is 34.4. The number of hydrogen-bond donors (Lipinski definition) is 9. The van der Waals surface area contributed by atoms with Gasteiger partial charge in [-0.05, 0) is 51.4 Å². The van der Waals surface area contributed by atoms with Crippen LogP contribution in [0.1, 0.15) is 290 Å². The summed E-state index contributed by atoms with van der Waals surface area (Å²) in [5.41, 5.74) is 0. The molecule has 0 aliphatic carbocycles. The maximum Gasteiger partial charge on any atom is 0.220 e. The molecule has 12 atom stereocenters. The third kappa shape index (κ3) is 38.8. The summed E-state index contributed by atoms with van der Waals surface area (Å²) in [4.78, 5) is 13.3. The van der Waals surface area contributed by atoms with Crippen LogP contribution in [0.3, 0.4) is 0 Å². The second kappa shape index (κ2) is 54.1. The van der Waals surface area contributed by atoms with Crippen LogP contribution in [-0.4, -0.2) is 140 Å². The number of rotatable bonds is 56. The molecule has 9 N–H and O–H groups in total. The minimum Gasteiger partial charge on any atom is -0.394 e. The van der Waals surface area contributed by atoms with Gasteiger partial charge >= 0.3 is 0 Å². The van der Waals surface area contributed by atoms with E-state index >= 15 is 0 Å². The Labute approximate surface area is 505 Å². The number of nitrogens with one attached hydrogen (secondary N) is 1. The molecular formula is C69H127NO13. The number of ether oxygens (including phenoxy) is 4. The van der Waals surface area contributed by atoms with Crippen molar-refractivity contribution >= 4 is 5.91 Å². The van der Waals surface area contributed by atoms with Crippen LogP contribution >= 0.6 is 0 Å². The summed E-state index contributed by atoms with van der Waals surface area (Å²) in [6, 6.07) is -0.922. The molecule has 0 aromatic heterocycles. The summed E-state index contributed by atoms with van der Waals surface area (Å²) >= 11 is 0. The van der Waals surface area contributed by atoms with Crippen LogP contribution in [-0.2, 0) is 23.7 Å². The van der Waals surface area contributed by atoms with Gasteiger partial charge in [-0.1, -0.05) is 281 Å². The molecule has 2 aliphatic heterocycles. The predicted octanol–water partition coefficient (Wildman–Crippen LogP) is 13.5. The molecule has 0 spiro atoms. The van der Waals surface area contributed by atoms with E-state index < -0.39 is 86.8 Å². The second-order valence-electron chi connectivity index (χ2n) is 24.3. The first-order valence-electron chi connectivity index (χ1n) is 34.4. The van der Waals surface area contributed by atoms with Crippen LogP contribution in [0.2, 0.25) is 0 Å². The molecule has 2 fully saturated rings. The number of carbonyl (C=O) groups is 1. The number of unbranched alkanes of at least 4 members (excludes halogenated alkanes) is 37. The molecule has 2 aliphatic rings. The van der Waals surface area contributed by atoms with Gasteiger partial charge in [-0.15, -0.1) is 0 Å². The SMILES string of the molecule is CC/C=C\C/C=C\C/C=C\CCCCCCCCCC(=O)NC(COC1OC(CO)C(OC2OC(CO)C(O)C(O)C2O)C(O)C1O)C(O)/C=C/CCCCCCCCCCCCCCCCCCCCCCCCCCCCCCCC. The molecule has 1 amide bonds. The van der Waals surface area contributed by atoms with Crippen molar-refractivity contribution in [3.05, 3.63) is 48.6 Å². The fourth-order valence-corrected chi connectivity index (χ4v) is 11.3. The first-order chi connectivity index (χ1) is 40.6. The fraction of sp³-hybridized carbons (Fsp3) is 0.870. The van der Waals surface area contributed by atoms with Crippen LogP contribution in [0.15, 0.2) is 48.6 Å². The smallest absolute Gasteiger partial charge is 0.220 e. The van der Waals surface area contributed by atoms with Gasteiger partial charge in [0.05, 0.1) is 32.0 Å². The van der Waals surface area contributed by atoms with Crippen LogP contribution in [0.25, 0.3) is 0 Å². The molecule has 83 heavy (non-hydrogen) atoms. The van der Waals surface area contributed by atoms with E-state index in [1.54, 1.807) is 6.08 Å². The summed E-state index contributed by atoms with van der Waals surface area (Å²) in [5, 5.41) is 87.3. The Morgan fingerprint density at radius 2 is 0.831 bits per heavy atom. The predicted molar refractivity (Wildman–Crippen MR) is 337 cm³/mol. The molecule has 0 aromatic carbocycles. The standard InChI is InChI=1S/C69H127NO13/c1-3-5-7-9-11-13-15-17-19-21-22-23-24-25-26-27-28-29-30-31-32-33-34-35-37-38-40-42-44-46-48-50-52-58(73)57(70-61(74)53-51-49-47-45-43-41-39-36-20-18-16-14-12-10-8-6-4-2)56-80-68-66(79)64(77)67(60(55-72)82-68)83-69-65(78)63(76)62(75)59(54-71)81-69/h6,8,12,14,18,20,50,52,57-60,62-69,71-73,75-79H,3-5,7,9-11,13,15-17,19,21-49,51,53-56H2,1-2H3,(H,70,74)/b8-6-,14-12-,20-18-,52-50+. The lowest BCUT2D eigenvalue weighted by molar-refractivity contribution is -0.359. The van der Waals surface area contributed by atoms with Crippen molar-refractivity contribution in [2.45, 2.75) is 364 Å². The summed E-state index contributed by atoms with van der Waals surface area (Å²) in [5.74, 6) is -0.248. The van der Waals surface area contributed by atoms with Crippen LogP contribution in [0.4, 0.5) is 0 Å². The number of aliphatic hydroxyl groups is 8. The third-order valence-electron chi connectivity index (χ3n) is 16.8. The molecular weight excluding hydrogens is 1050 g/mol. The van der Waals surface area contributed by atoms with Gasteiger partial charge < -0.3 is 65.1 Å². The van der Waals surface area contributed by atoms with E-state index in [2.05, 4.69) is 55.6 Å². The van der Waals surface area contributed by atoms with E-state index in [4.69, 9.17) is 18.9 Å². The molecule has 14 nitrogen and oxygen atoms in total. The maximum atomic E-state index is 13.3. The van der Waals surface area contributed by atoms with Crippen molar-refractivity contribution in [2.24, 2.45) is 0 Å². The summed E-state index contributed by atoms with van der Waals surface area (Å²) in [7, 11) is 0. The van der Waals surface area contributed by atoms with Crippen LogP contribution in [0, 0.1) is 0 Å². The maximum absolute atomic E-state index is 13.3. The van der Waals surface area contributed by atoms with E-state index in [0.29, 0.717) is 6.42 Å². The Bertz CT molecular complexity index is 1580. The summed E-state index contributed by atoms with van der Waals surface area (Å²) < 4.78 is 22.8. The quantitative estimate of drug-likeness (QED) is 0.0204. The summed E-state index contributed by atoms with van der Waals surface area (Å²) in [6.45, 7) is 2.71.